The lowest BCUT2D eigenvalue weighted by Gasteiger charge is -2.27. The number of para-hydroxylation sites is 6. The van der Waals surface area contributed by atoms with E-state index in [2.05, 4.69) is 268 Å². The average molecular weight is 922 g/mol. The van der Waals surface area contributed by atoms with Gasteiger partial charge >= 0.3 is 0 Å². The molecule has 0 saturated heterocycles. The third-order valence-electron chi connectivity index (χ3n) is 14.0. The molecule has 72 heavy (non-hydrogen) atoms. The highest BCUT2D eigenvalue weighted by Gasteiger charge is 2.27. The first kappa shape index (κ1) is 41.2. The molecule has 0 unspecified atom stereocenters. The van der Waals surface area contributed by atoms with Gasteiger partial charge in [-0.05, 0) is 88.0 Å². The fourth-order valence-electron chi connectivity index (χ4n) is 10.8. The zero-order chi connectivity index (χ0) is 47.5. The number of aromatic nitrogens is 4. The molecule has 0 atom stereocenters. The van der Waals surface area contributed by atoms with Gasteiger partial charge in [0.05, 0.1) is 50.5 Å². The van der Waals surface area contributed by atoms with E-state index in [1.165, 1.54) is 22.3 Å². The van der Waals surface area contributed by atoms with E-state index < -0.39 is 0 Å². The van der Waals surface area contributed by atoms with E-state index in [0.717, 1.165) is 89.3 Å². The van der Waals surface area contributed by atoms with Crippen LogP contribution in [0.25, 0.3) is 94.5 Å². The van der Waals surface area contributed by atoms with Crippen molar-refractivity contribution in [2.45, 2.75) is 0 Å². The molecule has 14 rings (SSSR count). The van der Waals surface area contributed by atoms with E-state index in [1.807, 2.05) is 18.3 Å². The van der Waals surface area contributed by atoms with Crippen molar-refractivity contribution in [1.29, 1.82) is 0 Å². The van der Waals surface area contributed by atoms with Crippen LogP contribution in [-0.4, -0.2) is 14.1 Å². The minimum atomic E-state index is 0.710. The van der Waals surface area contributed by atoms with Gasteiger partial charge in [0.1, 0.15) is 17.3 Å². The van der Waals surface area contributed by atoms with Gasteiger partial charge in [-0.2, -0.15) is 0 Å². The predicted molar refractivity (Wildman–Crippen MR) is 292 cm³/mol. The van der Waals surface area contributed by atoms with Crippen molar-refractivity contribution in [2.75, 3.05) is 4.90 Å². The van der Waals surface area contributed by atoms with Crippen molar-refractivity contribution >= 4 is 49.9 Å². The molecule has 0 bridgehead atoms. The van der Waals surface area contributed by atoms with Gasteiger partial charge in [0.15, 0.2) is 0 Å². The first-order chi connectivity index (χ1) is 35.7. The van der Waals surface area contributed by atoms with Gasteiger partial charge in [-0.3, -0.25) is 13.7 Å². The SMILES string of the molecule is [c-]1n(-c2cccc(Oc3ccc4c5ccccc5n(-c5cc(N6c7ccccc7-c7ccccc7-c7ccccc76)ccn5)c4c3)c2)c2ccccc2[n+]1-c1c(-c2ccccc2)cccc1-c1ccccc1. The molecular formula is C66H43N5O. The summed E-state index contributed by atoms with van der Waals surface area (Å²) in [5.41, 5.74) is 18.6. The molecule has 0 radical (unpaired) electrons. The normalized spacial score (nSPS) is 11.9. The Kier molecular flexibility index (Phi) is 9.74. The van der Waals surface area contributed by atoms with Crippen LogP contribution in [-0.2, 0) is 0 Å². The highest BCUT2D eigenvalue weighted by molar-refractivity contribution is 6.10. The molecule has 6 heteroatoms. The predicted octanol–water partition coefficient (Wildman–Crippen LogP) is 16.4. The Morgan fingerprint density at radius 2 is 0.944 bits per heavy atom. The van der Waals surface area contributed by atoms with E-state index in [-0.39, 0.29) is 0 Å². The monoisotopic (exact) mass is 921 g/mol. The Labute approximate surface area is 416 Å². The van der Waals surface area contributed by atoms with E-state index in [4.69, 9.17) is 9.72 Å². The number of pyridine rings is 1. The minimum Gasteiger partial charge on any atom is -0.458 e. The van der Waals surface area contributed by atoms with Gasteiger partial charge in [0.25, 0.3) is 6.33 Å². The molecule has 338 valence electrons. The number of ether oxygens (including phenoxy) is 1. The number of fused-ring (bicyclic) bond motifs is 9. The molecule has 1 aliphatic heterocycles. The van der Waals surface area contributed by atoms with Crippen LogP contribution in [0.15, 0.2) is 261 Å². The highest BCUT2D eigenvalue weighted by Crippen LogP contribution is 2.51. The van der Waals surface area contributed by atoms with Gasteiger partial charge in [0.2, 0.25) is 0 Å². The minimum absolute atomic E-state index is 0.710. The number of imidazole rings is 1. The Bertz CT molecular complexity index is 4090. The molecule has 1 aliphatic rings. The van der Waals surface area contributed by atoms with E-state index in [9.17, 15) is 0 Å². The first-order valence-corrected chi connectivity index (χ1v) is 24.3. The quantitative estimate of drug-likeness (QED) is 0.113. The van der Waals surface area contributed by atoms with Crippen molar-refractivity contribution in [1.82, 2.24) is 14.1 Å². The Morgan fingerprint density at radius 1 is 0.389 bits per heavy atom. The van der Waals surface area contributed by atoms with Crippen molar-refractivity contribution in [3.8, 4) is 73.2 Å². The third-order valence-corrected chi connectivity index (χ3v) is 14.0. The summed E-state index contributed by atoms with van der Waals surface area (Å²) in [6.45, 7) is 0. The van der Waals surface area contributed by atoms with E-state index in [1.54, 1.807) is 0 Å². The first-order valence-electron chi connectivity index (χ1n) is 24.3. The van der Waals surface area contributed by atoms with Gasteiger partial charge in [-0.1, -0.05) is 188 Å². The van der Waals surface area contributed by atoms with Crippen LogP contribution in [0.5, 0.6) is 11.5 Å². The number of hydrogen-bond donors (Lipinski definition) is 0. The molecule has 6 nitrogen and oxygen atoms in total. The van der Waals surface area contributed by atoms with Crippen LogP contribution in [0, 0.1) is 6.33 Å². The second-order valence-electron chi connectivity index (χ2n) is 18.1. The van der Waals surface area contributed by atoms with Crippen molar-refractivity contribution in [3.05, 3.63) is 267 Å². The van der Waals surface area contributed by atoms with E-state index >= 15 is 0 Å². The molecule has 10 aromatic carbocycles. The van der Waals surface area contributed by atoms with Crippen molar-refractivity contribution < 1.29 is 9.30 Å². The van der Waals surface area contributed by atoms with Gasteiger partial charge in [0, 0.05) is 40.2 Å². The number of benzene rings is 10. The summed E-state index contributed by atoms with van der Waals surface area (Å²) in [5.74, 6) is 2.23. The summed E-state index contributed by atoms with van der Waals surface area (Å²) in [4.78, 5) is 7.47. The topological polar surface area (TPSA) is 39.1 Å². The molecular weight excluding hydrogens is 879 g/mol. The maximum Gasteiger partial charge on any atom is 0.269 e. The van der Waals surface area contributed by atoms with E-state index in [0.29, 0.717) is 11.5 Å². The number of rotatable bonds is 8. The van der Waals surface area contributed by atoms with Crippen molar-refractivity contribution in [3.63, 3.8) is 0 Å². The second kappa shape index (κ2) is 17.0. The molecule has 0 saturated carbocycles. The zero-order valence-corrected chi connectivity index (χ0v) is 39.0. The Balaban J connectivity index is 0.868. The lowest BCUT2D eigenvalue weighted by atomic mass is 9.95. The van der Waals surface area contributed by atoms with Gasteiger partial charge in [-0.25, -0.2) is 4.98 Å². The molecule has 3 aromatic heterocycles. The summed E-state index contributed by atoms with van der Waals surface area (Å²) >= 11 is 0. The summed E-state index contributed by atoms with van der Waals surface area (Å²) in [6.07, 6.45) is 5.74. The van der Waals surface area contributed by atoms with Crippen LogP contribution < -0.4 is 14.2 Å². The standard InChI is InChI=1S/C66H43N5O/c1-3-19-45(20-4-1)51-30-18-31-52(46-21-5-2-6-22-46)66(51)69-44-68(62-35-15-16-36-63(62)69)47-23-17-24-49(41-47)72-50-37-38-58-57-29-11-14-34-61(57)71(64(58)43-50)65-42-48(39-40-67-65)70-59-32-12-9-27-55(59)53-25-7-8-26-54(53)56-28-10-13-33-60(56)70/h1-43H. The molecule has 4 heterocycles. The van der Waals surface area contributed by atoms with Crippen LogP contribution in [0.3, 0.4) is 0 Å². The second-order valence-corrected chi connectivity index (χ2v) is 18.1. The maximum atomic E-state index is 6.86. The number of anilines is 3. The molecule has 13 aromatic rings. The molecule has 0 N–H and O–H groups in total. The molecule has 0 fully saturated rings. The summed E-state index contributed by atoms with van der Waals surface area (Å²) < 4.78 is 13.5. The third kappa shape index (κ3) is 6.80. The van der Waals surface area contributed by atoms with Crippen LogP contribution >= 0.6 is 0 Å². The molecule has 0 aliphatic carbocycles. The fraction of sp³-hybridized carbons (Fsp3) is 0. The van der Waals surface area contributed by atoms with Gasteiger partial charge < -0.3 is 9.64 Å². The maximum absolute atomic E-state index is 6.86. The van der Waals surface area contributed by atoms with Gasteiger partial charge in [-0.15, -0.1) is 0 Å². The lowest BCUT2D eigenvalue weighted by molar-refractivity contribution is -0.571. The summed E-state index contributed by atoms with van der Waals surface area (Å²) in [5, 5.41) is 2.25. The Hall–Kier alpha value is -9.78. The smallest absolute Gasteiger partial charge is 0.269 e. The fourth-order valence-corrected chi connectivity index (χ4v) is 10.8. The molecule has 0 spiro atoms. The van der Waals surface area contributed by atoms with Crippen LogP contribution in [0.4, 0.5) is 17.1 Å². The van der Waals surface area contributed by atoms with Crippen molar-refractivity contribution in [2.24, 2.45) is 0 Å². The number of nitrogens with zero attached hydrogens (tertiary/aromatic N) is 5. The lowest BCUT2D eigenvalue weighted by Crippen LogP contribution is -2.31. The zero-order valence-electron chi connectivity index (χ0n) is 39.0. The average Bonchev–Trinajstić information content (AvgIpc) is 3.96. The Morgan fingerprint density at radius 3 is 1.65 bits per heavy atom. The van der Waals surface area contributed by atoms with Crippen LogP contribution in [0.2, 0.25) is 0 Å². The summed E-state index contributed by atoms with van der Waals surface area (Å²) in [7, 11) is 0. The number of hydrogen-bond acceptors (Lipinski definition) is 3. The molecule has 0 amide bonds. The largest absolute Gasteiger partial charge is 0.458 e. The van der Waals surface area contributed by atoms with Crippen LogP contribution in [0.1, 0.15) is 0 Å². The highest BCUT2D eigenvalue weighted by atomic mass is 16.5. The summed E-state index contributed by atoms with van der Waals surface area (Å²) in [6, 6.07) is 89.9.